The van der Waals surface area contributed by atoms with Crippen LogP contribution in [0.5, 0.6) is 0 Å². The van der Waals surface area contributed by atoms with E-state index in [1.54, 1.807) is 0 Å². The summed E-state index contributed by atoms with van der Waals surface area (Å²) < 4.78 is 0. The topological polar surface area (TPSA) is 12.0 Å². The molecular weight excluding hydrogens is 86.1 g/mol. The van der Waals surface area contributed by atoms with E-state index < -0.39 is 0 Å². The highest BCUT2D eigenvalue weighted by Crippen LogP contribution is 1.81. The van der Waals surface area contributed by atoms with Gasteiger partial charge in [-0.1, -0.05) is 12.2 Å². The lowest BCUT2D eigenvalue weighted by Gasteiger charge is -1.79. The minimum atomic E-state index is 0. The second kappa shape index (κ2) is 2.24. The molecule has 1 aliphatic heterocycles. The molecule has 1 heteroatoms. The average Bonchev–Trinajstić information content (AvgIpc) is 1.90. The predicted molar refractivity (Wildman–Crippen MR) is 32.7 cm³/mol. The molecule has 1 N–H and O–H groups in total. The van der Waals surface area contributed by atoms with E-state index in [0.29, 0.717) is 0 Å². The van der Waals surface area contributed by atoms with Crippen molar-refractivity contribution in [3.8, 4) is 0 Å². The molecule has 7 heavy (non-hydrogen) atoms. The van der Waals surface area contributed by atoms with Gasteiger partial charge in [0.15, 0.2) is 0 Å². The summed E-state index contributed by atoms with van der Waals surface area (Å²) in [5.74, 6) is 0. The van der Waals surface area contributed by atoms with Crippen molar-refractivity contribution in [2.75, 3.05) is 0 Å². The van der Waals surface area contributed by atoms with Gasteiger partial charge in [0, 0.05) is 13.8 Å². The lowest BCUT2D eigenvalue weighted by atomic mass is 10.5. The zero-order valence-electron chi connectivity index (χ0n) is 3.96. The maximum absolute atomic E-state index is 2.92. The first kappa shape index (κ1) is 4.19. The van der Waals surface area contributed by atoms with Crippen molar-refractivity contribution >= 4 is 0 Å². The molecule has 0 atom stereocenters. The van der Waals surface area contributed by atoms with Gasteiger partial charge in [-0.05, 0) is 12.2 Å². The first-order valence-corrected chi connectivity index (χ1v) is 2.24. The Kier molecular flexibility index (Phi) is 1.34. The fourth-order valence-corrected chi connectivity index (χ4v) is 0.406. The van der Waals surface area contributed by atoms with Crippen LogP contribution in [-0.4, -0.2) is 0 Å². The van der Waals surface area contributed by atoms with Crippen LogP contribution in [0.25, 0.3) is 0 Å². The van der Waals surface area contributed by atoms with Gasteiger partial charge in [0.1, 0.15) is 0 Å². The van der Waals surface area contributed by atoms with Crippen LogP contribution in [0.1, 0.15) is 1.43 Å². The standard InChI is InChI=1S/C6H7N.H2/c1-2-4-6-7-5-3-1;/h1-7H;1H. The van der Waals surface area contributed by atoms with Crippen LogP contribution in [0.4, 0.5) is 0 Å². The Labute approximate surface area is 44.5 Å². The molecule has 1 heterocycles. The van der Waals surface area contributed by atoms with E-state index in [4.69, 9.17) is 0 Å². The third-order valence-corrected chi connectivity index (χ3v) is 0.718. The Morgan fingerprint density at radius 2 is 1.43 bits per heavy atom. The molecule has 0 radical (unpaired) electrons. The average molecular weight is 95.1 g/mol. The number of rotatable bonds is 0. The smallest absolute Gasteiger partial charge is 0.000442 e. The monoisotopic (exact) mass is 95.1 g/mol. The Bertz CT molecular complexity index is 110. The zero-order valence-corrected chi connectivity index (χ0v) is 3.96. The Balaban J connectivity index is 0.000000490. The maximum atomic E-state index is 2.92. The highest BCUT2D eigenvalue weighted by atomic mass is 14.8. The fourth-order valence-electron chi connectivity index (χ4n) is 0.406. The lowest BCUT2D eigenvalue weighted by Crippen LogP contribution is -1.87. The molecule has 0 amide bonds. The predicted octanol–water partition coefficient (Wildman–Crippen LogP) is 1.42. The van der Waals surface area contributed by atoms with Gasteiger partial charge >= 0.3 is 0 Å². The van der Waals surface area contributed by atoms with Gasteiger partial charge in [-0.15, -0.1) is 0 Å². The van der Waals surface area contributed by atoms with Crippen LogP contribution >= 0.6 is 0 Å². The van der Waals surface area contributed by atoms with Crippen molar-refractivity contribution in [1.29, 1.82) is 0 Å². The molecule has 0 aromatic carbocycles. The molecule has 38 valence electrons. The number of allylic oxidation sites excluding steroid dienone is 4. The third kappa shape index (κ3) is 1.26. The van der Waals surface area contributed by atoms with Crippen LogP contribution in [0.3, 0.4) is 0 Å². The molecular formula is C6H9N. The molecule has 0 saturated heterocycles. The molecule has 0 unspecified atom stereocenters. The zero-order chi connectivity index (χ0) is 4.95. The Hall–Kier alpha value is -0.980. The van der Waals surface area contributed by atoms with E-state index in [-0.39, 0.29) is 1.43 Å². The van der Waals surface area contributed by atoms with E-state index in [1.807, 2.05) is 36.7 Å². The molecule has 0 bridgehead atoms. The molecule has 1 aliphatic rings. The molecule has 0 aromatic rings. The first-order chi connectivity index (χ1) is 3.50. The highest BCUT2D eigenvalue weighted by Gasteiger charge is 1.67. The summed E-state index contributed by atoms with van der Waals surface area (Å²) in [6.07, 6.45) is 11.6. The first-order valence-electron chi connectivity index (χ1n) is 2.24. The highest BCUT2D eigenvalue weighted by molar-refractivity contribution is 5.14. The van der Waals surface area contributed by atoms with Crippen LogP contribution in [0, 0.1) is 0 Å². The summed E-state index contributed by atoms with van der Waals surface area (Å²) in [5, 5.41) is 2.92. The molecule has 0 fully saturated rings. The SMILES string of the molecule is C1=CC=CNC=C1.[HH]. The van der Waals surface area contributed by atoms with Crippen LogP contribution in [0.2, 0.25) is 0 Å². The molecule has 1 rings (SSSR count). The normalized spacial score (nSPS) is 16.0. The van der Waals surface area contributed by atoms with Crippen molar-refractivity contribution < 1.29 is 1.43 Å². The van der Waals surface area contributed by atoms with E-state index in [9.17, 15) is 0 Å². The number of hydrogen-bond acceptors (Lipinski definition) is 1. The van der Waals surface area contributed by atoms with E-state index in [1.165, 1.54) is 0 Å². The van der Waals surface area contributed by atoms with Crippen molar-refractivity contribution in [2.45, 2.75) is 0 Å². The summed E-state index contributed by atoms with van der Waals surface area (Å²) in [5.41, 5.74) is 0. The van der Waals surface area contributed by atoms with Crippen LogP contribution in [0.15, 0.2) is 36.7 Å². The second-order valence-corrected chi connectivity index (χ2v) is 1.27. The summed E-state index contributed by atoms with van der Waals surface area (Å²) in [4.78, 5) is 0. The summed E-state index contributed by atoms with van der Waals surface area (Å²) >= 11 is 0. The minimum Gasteiger partial charge on any atom is -0.368 e. The van der Waals surface area contributed by atoms with Gasteiger partial charge in [-0.25, -0.2) is 0 Å². The molecule has 0 spiro atoms. The van der Waals surface area contributed by atoms with E-state index >= 15 is 0 Å². The van der Waals surface area contributed by atoms with Gasteiger partial charge in [-0.3, -0.25) is 0 Å². The van der Waals surface area contributed by atoms with E-state index in [2.05, 4.69) is 5.32 Å². The van der Waals surface area contributed by atoms with Crippen molar-refractivity contribution in [3.05, 3.63) is 36.7 Å². The third-order valence-electron chi connectivity index (χ3n) is 0.718. The van der Waals surface area contributed by atoms with Gasteiger partial charge < -0.3 is 5.32 Å². The lowest BCUT2D eigenvalue weighted by molar-refractivity contribution is 1.20. The Morgan fingerprint density at radius 1 is 0.857 bits per heavy atom. The van der Waals surface area contributed by atoms with Gasteiger partial charge in [0.2, 0.25) is 0 Å². The van der Waals surface area contributed by atoms with Gasteiger partial charge in [-0.2, -0.15) is 0 Å². The van der Waals surface area contributed by atoms with E-state index in [0.717, 1.165) is 0 Å². The second-order valence-electron chi connectivity index (χ2n) is 1.27. The molecule has 0 aliphatic carbocycles. The van der Waals surface area contributed by atoms with Crippen molar-refractivity contribution in [3.63, 3.8) is 0 Å². The van der Waals surface area contributed by atoms with Crippen molar-refractivity contribution in [2.24, 2.45) is 0 Å². The number of nitrogens with one attached hydrogen (secondary N) is 1. The van der Waals surface area contributed by atoms with Gasteiger partial charge in [0.25, 0.3) is 0 Å². The van der Waals surface area contributed by atoms with Gasteiger partial charge in [0.05, 0.1) is 0 Å². The van der Waals surface area contributed by atoms with Crippen molar-refractivity contribution in [1.82, 2.24) is 5.32 Å². The quantitative estimate of drug-likeness (QED) is 0.479. The molecule has 0 aromatic heterocycles. The van der Waals surface area contributed by atoms with Crippen LogP contribution in [-0.2, 0) is 0 Å². The maximum Gasteiger partial charge on any atom is 0.000442 e. The number of hydrogen-bond donors (Lipinski definition) is 1. The summed E-state index contributed by atoms with van der Waals surface area (Å²) in [6, 6.07) is 0. The molecule has 0 saturated carbocycles. The van der Waals surface area contributed by atoms with Crippen LogP contribution < -0.4 is 5.32 Å². The summed E-state index contributed by atoms with van der Waals surface area (Å²) in [7, 11) is 0. The fraction of sp³-hybridized carbons (Fsp3) is 0. The molecule has 1 nitrogen and oxygen atoms in total. The summed E-state index contributed by atoms with van der Waals surface area (Å²) in [6.45, 7) is 0. The minimum absolute atomic E-state index is 0. The Morgan fingerprint density at radius 3 is 2.00 bits per heavy atom. The largest absolute Gasteiger partial charge is 0.368 e.